The number of para-hydroxylation sites is 6. The summed E-state index contributed by atoms with van der Waals surface area (Å²) in [6.45, 7) is 0. The molecule has 0 aliphatic rings. The van der Waals surface area contributed by atoms with Gasteiger partial charge in [0.1, 0.15) is 11.6 Å². The van der Waals surface area contributed by atoms with E-state index in [9.17, 15) is 35.1 Å². The molecule has 666 valence electrons. The van der Waals surface area contributed by atoms with Crippen molar-refractivity contribution in [2.75, 3.05) is 29.4 Å². The summed E-state index contributed by atoms with van der Waals surface area (Å²) in [5.41, 5.74) is 1.21. The van der Waals surface area contributed by atoms with Crippen molar-refractivity contribution in [3.8, 4) is 0 Å². The minimum absolute atomic E-state index is 0.0332. The van der Waals surface area contributed by atoms with E-state index in [4.69, 9.17) is 64.3 Å². The first kappa shape index (κ1) is 59.1. The van der Waals surface area contributed by atoms with E-state index >= 15 is 0 Å². The second kappa shape index (κ2) is 36.2. The van der Waals surface area contributed by atoms with Crippen LogP contribution in [0.15, 0.2) is 472 Å². The van der Waals surface area contributed by atoms with Crippen molar-refractivity contribution in [1.29, 1.82) is 0 Å². The van der Waals surface area contributed by atoms with E-state index in [0.717, 1.165) is 91.6 Å². The fourth-order valence-electron chi connectivity index (χ4n) is 17.9. The Hall–Kier alpha value is -16.8. The van der Waals surface area contributed by atoms with Crippen molar-refractivity contribution in [1.82, 2.24) is 0 Å². The lowest BCUT2D eigenvalue weighted by molar-refractivity contribution is -0.138. The van der Waals surface area contributed by atoms with Crippen LogP contribution in [-0.2, 0) is 12.4 Å². The van der Waals surface area contributed by atoms with E-state index in [2.05, 4.69) is 0 Å². The van der Waals surface area contributed by atoms with Crippen molar-refractivity contribution in [2.45, 2.75) is 12.4 Å². The lowest BCUT2D eigenvalue weighted by Crippen LogP contribution is -2.12. The number of rotatable bonds is 18. The number of hydrogen-bond acceptors (Lipinski definition) is 6. The van der Waals surface area contributed by atoms with E-state index in [0.29, 0.717) is 109 Å². The van der Waals surface area contributed by atoms with E-state index in [1.807, 2.05) is 84.9 Å². The smallest absolute Gasteiger partial charge is 0.310 e. The van der Waals surface area contributed by atoms with Gasteiger partial charge in [0.15, 0.2) is 0 Å². The molecule has 0 saturated carbocycles. The summed E-state index contributed by atoms with van der Waals surface area (Å²) in [7, 11) is 0. The summed E-state index contributed by atoms with van der Waals surface area (Å²) >= 11 is 12.6. The fourth-order valence-corrected chi connectivity index (χ4v) is 18.2. The molecular formula is C122H78Cl2F8N6. The maximum Gasteiger partial charge on any atom is 0.416 e. The molecule has 0 bridgehead atoms. The SMILES string of the molecule is [2H]c1c([2H])c([2H])c(N(c2ccc(C(F)(F)F)cc2)c2ccc3ccc4c(N(c5ccc(C(F)(F)F)cc5)c5c([2H])c([2H])c([2H])c([2H])c5[2H])ccc5ccc2c3c54)c([2H])c1[2H].[2H]c1c([2H])c([2H])c(N(c2ccc(Cl)cc2)c2ccc3ccc4c(N(c5ccc(Cl)cc5)c5c([2H])c([2H])c([2H])c([2H])c5[2H])ccc5ccc2c3c54)c([2H])c1[2H].[2H]c1c([2H])c([2H])c(N(c2ccc(F)cc2)c2ccc3ccc4c(N(c5ccc(F)cc5)c5c([2H])c([2H])c([2H])c([2H])c5[2H])ccc5ccc2c3c54)c([2H])c1[2H]. The predicted molar refractivity (Wildman–Crippen MR) is 558 cm³/mol. The van der Waals surface area contributed by atoms with Gasteiger partial charge < -0.3 is 29.4 Å². The van der Waals surface area contributed by atoms with Crippen molar-refractivity contribution >= 4 is 223 Å². The number of nitrogens with zero attached hydrogens (tertiary/aromatic N) is 6. The molecule has 0 aliphatic heterocycles. The van der Waals surface area contributed by atoms with Crippen molar-refractivity contribution < 1.29 is 76.2 Å². The zero-order valence-corrected chi connectivity index (χ0v) is 72.7. The van der Waals surface area contributed by atoms with Gasteiger partial charge in [-0.3, -0.25) is 0 Å². The Labute approximate surface area is 842 Å². The Balaban J connectivity index is 0.000000139. The van der Waals surface area contributed by atoms with E-state index in [-0.39, 0.29) is 81.0 Å². The van der Waals surface area contributed by atoms with Crippen LogP contribution >= 0.6 is 23.2 Å². The third kappa shape index (κ3) is 16.4. The molecule has 0 fully saturated rings. The van der Waals surface area contributed by atoms with Gasteiger partial charge in [0.2, 0.25) is 0 Å². The summed E-state index contributed by atoms with van der Waals surface area (Å²) in [6, 6.07) is 59.4. The van der Waals surface area contributed by atoms with Crippen LogP contribution in [0.1, 0.15) is 52.2 Å². The molecule has 24 aromatic rings. The van der Waals surface area contributed by atoms with Gasteiger partial charge in [-0.2, -0.15) is 26.3 Å². The molecule has 138 heavy (non-hydrogen) atoms. The molecule has 0 saturated heterocycles. The minimum atomic E-state index is -4.70. The maximum atomic E-state index is 14.2. The van der Waals surface area contributed by atoms with Gasteiger partial charge >= 0.3 is 12.4 Å². The van der Waals surface area contributed by atoms with Gasteiger partial charge in [-0.15, -0.1) is 0 Å². The van der Waals surface area contributed by atoms with Gasteiger partial charge in [-0.25, -0.2) is 8.78 Å². The van der Waals surface area contributed by atoms with Crippen LogP contribution in [0, 0.1) is 11.6 Å². The summed E-state index contributed by atoms with van der Waals surface area (Å²) in [5.74, 6) is -1.04. The normalized spacial score (nSPS) is 14.7. The molecule has 0 spiro atoms. The van der Waals surface area contributed by atoms with Crippen LogP contribution in [0.3, 0.4) is 0 Å². The Kier molecular flexibility index (Phi) is 15.5. The third-order valence-corrected chi connectivity index (χ3v) is 24.3. The zero-order chi connectivity index (χ0) is 120. The van der Waals surface area contributed by atoms with Crippen molar-refractivity contribution in [2.24, 2.45) is 0 Å². The van der Waals surface area contributed by atoms with Crippen LogP contribution in [0.5, 0.6) is 0 Å². The summed E-state index contributed by atoms with van der Waals surface area (Å²) in [4.78, 5) is 8.91. The van der Waals surface area contributed by atoms with Crippen LogP contribution < -0.4 is 29.4 Å². The predicted octanol–water partition coefficient (Wildman–Crippen LogP) is 38.2. The number of alkyl halides is 6. The van der Waals surface area contributed by atoms with Gasteiger partial charge in [0.25, 0.3) is 0 Å². The average molecular weight is 1880 g/mol. The molecule has 0 heterocycles. The van der Waals surface area contributed by atoms with Gasteiger partial charge in [-0.1, -0.05) is 241 Å². The first-order chi connectivity index (χ1) is 79.8. The molecule has 0 atom stereocenters. The Bertz CT molecular complexity index is 9390. The van der Waals surface area contributed by atoms with Gasteiger partial charge in [0.05, 0.1) is 86.4 Å². The highest BCUT2D eigenvalue weighted by molar-refractivity contribution is 6.33. The zero-order valence-electron chi connectivity index (χ0n) is 101. The van der Waals surface area contributed by atoms with Crippen LogP contribution in [0.25, 0.3) is 97.0 Å². The molecular weight excluding hydrogens is 1770 g/mol. The third-order valence-electron chi connectivity index (χ3n) is 23.8. The second-order valence-corrected chi connectivity index (χ2v) is 32.5. The second-order valence-electron chi connectivity index (χ2n) is 31.6. The van der Waals surface area contributed by atoms with Crippen molar-refractivity contribution in [3.05, 3.63) is 505 Å². The monoisotopic (exact) mass is 1880 g/mol. The molecule has 0 radical (unpaired) electrons. The molecule has 0 N–H and O–H groups in total. The summed E-state index contributed by atoms with van der Waals surface area (Å²) < 4.78 is 368. The lowest BCUT2D eigenvalue weighted by Gasteiger charge is -2.29. The van der Waals surface area contributed by atoms with Crippen LogP contribution in [0.4, 0.5) is 137 Å². The van der Waals surface area contributed by atoms with Crippen LogP contribution in [0.2, 0.25) is 10.0 Å². The molecule has 0 amide bonds. The standard InChI is InChI=1S/C42H26F6N2.C40H26Cl2N2.C40H26F2N2/c43-41(44,45)29-15-19-33(20-16-29)49(31-7-3-1-4-8-31)37-25-13-27-12-24-36-38(26-14-28-11-23-35(37)39(27)40(28)36)50(32-9-5-2-6-10-32)34-21-17-30(18-22-34)42(46,47)48;2*41-29-15-19-33(20-16-29)43(31-7-3-1-4-8-31)37-25-13-27-12-24-36-38(26-14-28-11-23-35(37)39(27)40(28)36)44(32-9-5-2-6-10-32)34-21-17-30(42)18-22-34/h1-26H;2*1-26H/i3*1D,2D,3D,4D,5D,6D,7D,8D,9D,10D. The average Bonchev–Trinajstić information content (AvgIpc) is 0.716. The molecule has 0 aliphatic carbocycles. The first-order valence-electron chi connectivity index (χ1n) is 57.5. The Morgan fingerprint density at radius 2 is 0.326 bits per heavy atom. The van der Waals surface area contributed by atoms with Gasteiger partial charge in [0, 0.05) is 111 Å². The van der Waals surface area contributed by atoms with E-state index < -0.39 is 192 Å². The highest BCUT2D eigenvalue weighted by atomic mass is 35.5. The molecule has 6 nitrogen and oxygen atoms in total. The Morgan fingerprint density at radius 1 is 0.174 bits per heavy atom. The first-order valence-corrected chi connectivity index (χ1v) is 43.3. The quantitative estimate of drug-likeness (QED) is 0.0625. The number of halogens is 10. The number of anilines is 18. The number of benzene rings is 24. The molecule has 0 aromatic heterocycles. The van der Waals surface area contributed by atoms with E-state index in [1.165, 1.54) is 68.1 Å². The van der Waals surface area contributed by atoms with Crippen LogP contribution in [-0.4, -0.2) is 0 Å². The van der Waals surface area contributed by atoms with E-state index in [1.54, 1.807) is 119 Å². The van der Waals surface area contributed by atoms with Gasteiger partial charge in [-0.05, 0) is 319 Å². The topological polar surface area (TPSA) is 19.4 Å². The molecule has 24 rings (SSSR count). The molecule has 16 heteroatoms. The fraction of sp³-hybridized carbons (Fsp3) is 0.0164. The minimum Gasteiger partial charge on any atom is -0.310 e. The highest BCUT2D eigenvalue weighted by Crippen LogP contribution is 2.54. The maximum absolute atomic E-state index is 14.2. The molecule has 0 unspecified atom stereocenters. The van der Waals surface area contributed by atoms with Crippen molar-refractivity contribution in [3.63, 3.8) is 0 Å². The molecule has 24 aromatic carbocycles. The summed E-state index contributed by atoms with van der Waals surface area (Å²) in [5, 5.41) is 13.1. The number of hydrogen-bond donors (Lipinski definition) is 0. The lowest BCUT2D eigenvalue weighted by atomic mass is 9.91. The largest absolute Gasteiger partial charge is 0.416 e. The Morgan fingerprint density at radius 3 is 0.493 bits per heavy atom. The summed E-state index contributed by atoms with van der Waals surface area (Å²) in [6.07, 6.45) is -9.40. The highest BCUT2D eigenvalue weighted by Gasteiger charge is 2.34.